The normalized spacial score (nSPS) is 14.6. The molecule has 0 radical (unpaired) electrons. The van der Waals surface area contributed by atoms with Crippen LogP contribution in [0.25, 0.3) is 60.6 Å². The van der Waals surface area contributed by atoms with Crippen LogP contribution in [0, 0.1) is 0 Å². The zero-order chi connectivity index (χ0) is 33.0. The summed E-state index contributed by atoms with van der Waals surface area (Å²) in [5.74, 6) is 1.45. The molecule has 0 saturated heterocycles. The van der Waals surface area contributed by atoms with Crippen LogP contribution in [0.2, 0.25) is 0 Å². The van der Waals surface area contributed by atoms with E-state index >= 15 is 0 Å². The number of nitrogens with zero attached hydrogens (tertiary/aromatic N) is 3. The second kappa shape index (κ2) is 11.5. The predicted octanol–water partition coefficient (Wildman–Crippen LogP) is 10.8. The third-order valence-electron chi connectivity index (χ3n) is 9.67. The molecule has 2 aromatic heterocycles. The van der Waals surface area contributed by atoms with Gasteiger partial charge in [-0.05, 0) is 47.5 Å². The molecule has 0 amide bonds. The van der Waals surface area contributed by atoms with Crippen LogP contribution in [-0.2, 0) is 0 Å². The number of hydrogen-bond acceptors (Lipinski definition) is 4. The molecular formula is C45H30N4O. The Morgan fingerprint density at radius 3 is 1.82 bits per heavy atom. The molecule has 1 aliphatic rings. The molecule has 1 N–H and O–H groups in total. The Kier molecular flexibility index (Phi) is 6.49. The average molecular weight is 643 g/mol. The molecule has 3 heterocycles. The minimum Gasteiger partial charge on any atom is -0.456 e. The van der Waals surface area contributed by atoms with Gasteiger partial charge in [-0.3, -0.25) is 0 Å². The van der Waals surface area contributed by atoms with Crippen molar-refractivity contribution in [1.29, 1.82) is 0 Å². The van der Waals surface area contributed by atoms with Crippen LogP contribution in [0.4, 0.5) is 0 Å². The molecule has 9 aromatic rings. The number of amidine groups is 2. The summed E-state index contributed by atoms with van der Waals surface area (Å²) < 4.78 is 8.98. The van der Waals surface area contributed by atoms with Crippen molar-refractivity contribution in [3.05, 3.63) is 187 Å². The largest absolute Gasteiger partial charge is 0.456 e. The SMILES string of the molecule is c1ccc(C2=NC(c3cccc4oc5cccc(-n6c7ccccc7c7ccccc76)c5c34)NC(c3cccc(-c4ccccc4)c3)=N2)cc1. The van der Waals surface area contributed by atoms with E-state index in [9.17, 15) is 0 Å². The topological polar surface area (TPSA) is 54.8 Å². The fourth-order valence-corrected chi connectivity index (χ4v) is 7.42. The lowest BCUT2D eigenvalue weighted by Crippen LogP contribution is -2.33. The quantitative estimate of drug-likeness (QED) is 0.203. The van der Waals surface area contributed by atoms with Crippen LogP contribution >= 0.6 is 0 Å². The average Bonchev–Trinajstić information content (AvgIpc) is 3.75. The minimum atomic E-state index is -0.422. The van der Waals surface area contributed by atoms with Gasteiger partial charge in [0.25, 0.3) is 0 Å². The van der Waals surface area contributed by atoms with Crippen LogP contribution in [0.15, 0.2) is 184 Å². The number of rotatable bonds is 5. The van der Waals surface area contributed by atoms with E-state index in [1.54, 1.807) is 0 Å². The van der Waals surface area contributed by atoms with Gasteiger partial charge in [0.05, 0.1) is 22.1 Å². The fraction of sp³-hybridized carbons (Fsp3) is 0.0222. The molecule has 10 rings (SSSR count). The summed E-state index contributed by atoms with van der Waals surface area (Å²) in [5, 5.41) is 8.27. The molecule has 1 atom stereocenters. The molecule has 5 heteroatoms. The van der Waals surface area contributed by atoms with Crippen molar-refractivity contribution in [1.82, 2.24) is 9.88 Å². The van der Waals surface area contributed by atoms with Crippen molar-refractivity contribution < 1.29 is 4.42 Å². The van der Waals surface area contributed by atoms with E-state index in [4.69, 9.17) is 14.4 Å². The van der Waals surface area contributed by atoms with Gasteiger partial charge in [0, 0.05) is 32.8 Å². The van der Waals surface area contributed by atoms with Crippen LogP contribution in [0.1, 0.15) is 22.9 Å². The van der Waals surface area contributed by atoms with Crippen LogP contribution in [0.3, 0.4) is 0 Å². The van der Waals surface area contributed by atoms with Crippen LogP contribution in [0.5, 0.6) is 0 Å². The molecular weight excluding hydrogens is 613 g/mol. The molecule has 0 spiro atoms. The third-order valence-corrected chi connectivity index (χ3v) is 9.67. The zero-order valence-corrected chi connectivity index (χ0v) is 27.0. The van der Waals surface area contributed by atoms with E-state index in [0.717, 1.165) is 72.3 Å². The molecule has 1 unspecified atom stereocenters. The highest BCUT2D eigenvalue weighted by Crippen LogP contribution is 2.41. The predicted molar refractivity (Wildman–Crippen MR) is 205 cm³/mol. The maximum atomic E-state index is 6.61. The smallest absolute Gasteiger partial charge is 0.159 e. The van der Waals surface area contributed by atoms with Crippen molar-refractivity contribution in [2.75, 3.05) is 0 Å². The molecule has 0 saturated carbocycles. The highest BCUT2D eigenvalue weighted by Gasteiger charge is 2.26. The van der Waals surface area contributed by atoms with Crippen molar-refractivity contribution in [2.24, 2.45) is 9.98 Å². The van der Waals surface area contributed by atoms with Gasteiger partial charge in [-0.2, -0.15) is 0 Å². The Bertz CT molecular complexity index is 2740. The summed E-state index contributed by atoms with van der Waals surface area (Å²) in [6.07, 6.45) is -0.422. The number of furan rings is 1. The van der Waals surface area contributed by atoms with Gasteiger partial charge < -0.3 is 14.3 Å². The van der Waals surface area contributed by atoms with Gasteiger partial charge in [-0.1, -0.05) is 133 Å². The van der Waals surface area contributed by atoms with Gasteiger partial charge in [-0.15, -0.1) is 0 Å². The molecule has 5 nitrogen and oxygen atoms in total. The second-order valence-electron chi connectivity index (χ2n) is 12.6. The monoisotopic (exact) mass is 642 g/mol. The van der Waals surface area contributed by atoms with Crippen molar-refractivity contribution in [3.8, 4) is 16.8 Å². The fourth-order valence-electron chi connectivity index (χ4n) is 7.42. The molecule has 236 valence electrons. The molecule has 0 fully saturated rings. The van der Waals surface area contributed by atoms with Crippen molar-refractivity contribution in [2.45, 2.75) is 6.17 Å². The first kappa shape index (κ1) is 28.3. The lowest BCUT2D eigenvalue weighted by atomic mass is 10.0. The Morgan fingerprint density at radius 1 is 0.500 bits per heavy atom. The summed E-state index contributed by atoms with van der Waals surface area (Å²) in [5.41, 5.74) is 10.3. The Hall–Kier alpha value is -6.72. The summed E-state index contributed by atoms with van der Waals surface area (Å²) in [7, 11) is 0. The van der Waals surface area contributed by atoms with Crippen molar-refractivity contribution in [3.63, 3.8) is 0 Å². The van der Waals surface area contributed by atoms with Crippen LogP contribution < -0.4 is 5.32 Å². The molecule has 50 heavy (non-hydrogen) atoms. The highest BCUT2D eigenvalue weighted by atomic mass is 16.3. The number of fused-ring (bicyclic) bond motifs is 6. The Balaban J connectivity index is 1.19. The second-order valence-corrected chi connectivity index (χ2v) is 12.6. The van der Waals surface area contributed by atoms with E-state index in [2.05, 4.69) is 155 Å². The maximum Gasteiger partial charge on any atom is 0.159 e. The number of aliphatic imine (C=N–C) groups is 2. The number of nitrogens with one attached hydrogen (secondary N) is 1. The van der Waals surface area contributed by atoms with E-state index < -0.39 is 6.17 Å². The summed E-state index contributed by atoms with van der Waals surface area (Å²) in [4.78, 5) is 10.4. The van der Waals surface area contributed by atoms with Gasteiger partial charge in [0.1, 0.15) is 23.2 Å². The molecule has 7 aromatic carbocycles. The van der Waals surface area contributed by atoms with Crippen LogP contribution in [-0.4, -0.2) is 16.2 Å². The van der Waals surface area contributed by atoms with Gasteiger partial charge in [0.2, 0.25) is 0 Å². The summed E-state index contributed by atoms with van der Waals surface area (Å²) in [6, 6.07) is 59.0. The van der Waals surface area contributed by atoms with E-state index in [1.165, 1.54) is 10.8 Å². The van der Waals surface area contributed by atoms with Crippen molar-refractivity contribution >= 4 is 55.4 Å². The van der Waals surface area contributed by atoms with E-state index in [0.29, 0.717) is 5.84 Å². The Morgan fingerprint density at radius 2 is 1.08 bits per heavy atom. The van der Waals surface area contributed by atoms with Gasteiger partial charge in [-0.25, -0.2) is 9.98 Å². The number of para-hydroxylation sites is 2. The first-order chi connectivity index (χ1) is 24.8. The summed E-state index contributed by atoms with van der Waals surface area (Å²) in [6.45, 7) is 0. The lowest BCUT2D eigenvalue weighted by Gasteiger charge is -2.24. The minimum absolute atomic E-state index is 0.422. The molecule has 1 aliphatic heterocycles. The number of benzene rings is 7. The molecule has 0 bridgehead atoms. The van der Waals surface area contributed by atoms with E-state index in [-0.39, 0.29) is 0 Å². The highest BCUT2D eigenvalue weighted by molar-refractivity contribution is 6.17. The lowest BCUT2D eigenvalue weighted by molar-refractivity contribution is 0.662. The first-order valence-corrected chi connectivity index (χ1v) is 16.9. The third kappa shape index (κ3) is 4.55. The number of hydrogen-bond donors (Lipinski definition) is 1. The number of aromatic nitrogens is 1. The standard InChI is InChI=1S/C45H30N4O/c1-3-14-29(15-4-1)31-18-11-19-32(28-31)44-46-43(30-16-5-2-6-17-30)47-45(48-44)35-22-12-26-39-41(35)42-38(25-13-27-40(42)50-39)49-36-23-9-7-20-33(36)34-21-8-10-24-37(34)49/h1-28,45H,(H,46,47,48). The first-order valence-electron chi connectivity index (χ1n) is 16.9. The van der Waals surface area contributed by atoms with E-state index in [1.807, 2.05) is 24.3 Å². The van der Waals surface area contributed by atoms with Gasteiger partial charge in [0.15, 0.2) is 5.84 Å². The molecule has 0 aliphatic carbocycles. The Labute approximate surface area is 288 Å². The maximum absolute atomic E-state index is 6.61. The zero-order valence-electron chi connectivity index (χ0n) is 27.0. The van der Waals surface area contributed by atoms with Gasteiger partial charge >= 0.3 is 0 Å². The summed E-state index contributed by atoms with van der Waals surface area (Å²) >= 11 is 0.